The van der Waals surface area contributed by atoms with Gasteiger partial charge in [-0.15, -0.1) is 0 Å². The number of carbonyl (C=O) groups is 1. The summed E-state index contributed by atoms with van der Waals surface area (Å²) in [6.45, 7) is 4.98. The van der Waals surface area contributed by atoms with Gasteiger partial charge in [-0.2, -0.15) is 0 Å². The van der Waals surface area contributed by atoms with E-state index in [-0.39, 0.29) is 5.91 Å². The fraction of sp³-hybridized carbons (Fsp3) is 0.481. The molecule has 2 aromatic carbocycles. The van der Waals surface area contributed by atoms with Crippen molar-refractivity contribution in [3.8, 4) is 0 Å². The van der Waals surface area contributed by atoms with Crippen LogP contribution < -0.4 is 10.6 Å². The first-order chi connectivity index (χ1) is 16.0. The maximum Gasteiger partial charge on any atom is 0.253 e. The third kappa shape index (κ3) is 8.21. The van der Waals surface area contributed by atoms with Crippen LogP contribution in [0.4, 0.5) is 0 Å². The molecule has 33 heavy (non-hydrogen) atoms. The first kappa shape index (κ1) is 24.8. The molecule has 178 valence electrons. The summed E-state index contributed by atoms with van der Waals surface area (Å²) in [4.78, 5) is 20.7. The van der Waals surface area contributed by atoms with Gasteiger partial charge in [-0.05, 0) is 61.2 Å². The SMILES string of the molecule is CN=C(NCCc1cccc(C(=O)N(C)C)c1)NCc1ccc(CN2CCCCCC2)cc1. The van der Waals surface area contributed by atoms with Crippen LogP contribution in [0, 0.1) is 0 Å². The number of amides is 1. The number of hydrogen-bond acceptors (Lipinski definition) is 3. The van der Waals surface area contributed by atoms with E-state index < -0.39 is 0 Å². The van der Waals surface area contributed by atoms with Gasteiger partial charge in [0, 0.05) is 46.3 Å². The molecule has 2 aromatic rings. The molecule has 0 bridgehead atoms. The second-order valence-electron chi connectivity index (χ2n) is 9.01. The molecule has 0 aromatic heterocycles. The molecule has 0 atom stereocenters. The van der Waals surface area contributed by atoms with E-state index >= 15 is 0 Å². The maximum absolute atomic E-state index is 12.2. The standard InChI is InChI=1S/C27H39N5O/c1-28-27(29-16-15-22-9-8-10-25(19-22)26(33)31(2)3)30-20-23-11-13-24(14-12-23)21-32-17-6-4-5-7-18-32/h8-14,19H,4-7,15-18,20-21H2,1-3H3,(H2,28,29,30). The first-order valence-corrected chi connectivity index (χ1v) is 12.1. The lowest BCUT2D eigenvalue weighted by Crippen LogP contribution is -2.37. The smallest absolute Gasteiger partial charge is 0.253 e. The molecule has 0 unspecified atom stereocenters. The van der Waals surface area contributed by atoms with Gasteiger partial charge in [0.1, 0.15) is 0 Å². The summed E-state index contributed by atoms with van der Waals surface area (Å²) in [5.41, 5.74) is 4.48. The molecule has 1 saturated heterocycles. The van der Waals surface area contributed by atoms with E-state index in [4.69, 9.17) is 0 Å². The van der Waals surface area contributed by atoms with Gasteiger partial charge in [0.25, 0.3) is 5.91 Å². The molecule has 3 rings (SSSR count). The van der Waals surface area contributed by atoms with Gasteiger partial charge >= 0.3 is 0 Å². The number of nitrogens with zero attached hydrogens (tertiary/aromatic N) is 3. The van der Waals surface area contributed by atoms with Crippen molar-refractivity contribution >= 4 is 11.9 Å². The summed E-state index contributed by atoms with van der Waals surface area (Å²) in [7, 11) is 5.33. The Morgan fingerprint density at radius 3 is 2.30 bits per heavy atom. The van der Waals surface area contributed by atoms with Crippen LogP contribution in [0.3, 0.4) is 0 Å². The lowest BCUT2D eigenvalue weighted by Gasteiger charge is -2.20. The largest absolute Gasteiger partial charge is 0.356 e. The number of benzene rings is 2. The van der Waals surface area contributed by atoms with E-state index in [2.05, 4.69) is 50.9 Å². The molecule has 0 saturated carbocycles. The van der Waals surface area contributed by atoms with Gasteiger partial charge in [0.05, 0.1) is 0 Å². The predicted molar refractivity (Wildman–Crippen MR) is 137 cm³/mol. The molecule has 1 aliphatic rings. The van der Waals surface area contributed by atoms with E-state index in [0.29, 0.717) is 0 Å². The fourth-order valence-electron chi connectivity index (χ4n) is 4.16. The molecule has 2 N–H and O–H groups in total. The van der Waals surface area contributed by atoms with Crippen molar-refractivity contribution in [1.82, 2.24) is 20.4 Å². The summed E-state index contributed by atoms with van der Waals surface area (Å²) in [5.74, 6) is 0.809. The van der Waals surface area contributed by atoms with Crippen molar-refractivity contribution in [2.45, 2.75) is 45.2 Å². The van der Waals surface area contributed by atoms with Crippen LogP contribution in [-0.2, 0) is 19.5 Å². The molecule has 6 nitrogen and oxygen atoms in total. The number of aliphatic imine (C=N–C) groups is 1. The summed E-state index contributed by atoms with van der Waals surface area (Å²) >= 11 is 0. The highest BCUT2D eigenvalue weighted by molar-refractivity contribution is 5.94. The Balaban J connectivity index is 1.42. The molecule has 0 spiro atoms. The summed E-state index contributed by atoms with van der Waals surface area (Å²) in [6, 6.07) is 16.7. The minimum atomic E-state index is 0.0275. The van der Waals surface area contributed by atoms with Crippen molar-refractivity contribution in [3.63, 3.8) is 0 Å². The van der Waals surface area contributed by atoms with Gasteiger partial charge in [-0.1, -0.05) is 49.2 Å². The zero-order valence-corrected chi connectivity index (χ0v) is 20.4. The van der Waals surface area contributed by atoms with Crippen LogP contribution in [0.25, 0.3) is 0 Å². The predicted octanol–water partition coefficient (Wildman–Crippen LogP) is 3.67. The average Bonchev–Trinajstić information content (AvgIpc) is 3.10. The fourth-order valence-corrected chi connectivity index (χ4v) is 4.16. The second-order valence-corrected chi connectivity index (χ2v) is 9.01. The molecular weight excluding hydrogens is 410 g/mol. The van der Waals surface area contributed by atoms with Crippen molar-refractivity contribution in [1.29, 1.82) is 0 Å². The number of hydrogen-bond donors (Lipinski definition) is 2. The number of nitrogens with one attached hydrogen (secondary N) is 2. The Morgan fingerprint density at radius 1 is 0.939 bits per heavy atom. The quantitative estimate of drug-likeness (QED) is 0.477. The van der Waals surface area contributed by atoms with Crippen LogP contribution in [0.5, 0.6) is 0 Å². The zero-order valence-electron chi connectivity index (χ0n) is 20.4. The minimum Gasteiger partial charge on any atom is -0.356 e. The monoisotopic (exact) mass is 449 g/mol. The van der Waals surface area contributed by atoms with Crippen LogP contribution >= 0.6 is 0 Å². The van der Waals surface area contributed by atoms with Gasteiger partial charge in [0.2, 0.25) is 0 Å². The Kier molecular flexibility index (Phi) is 9.76. The van der Waals surface area contributed by atoms with Gasteiger partial charge in [0.15, 0.2) is 5.96 Å². The third-order valence-electron chi connectivity index (χ3n) is 6.10. The Labute approximate surface area is 199 Å². The lowest BCUT2D eigenvalue weighted by molar-refractivity contribution is 0.0827. The summed E-state index contributed by atoms with van der Waals surface area (Å²) in [5, 5.41) is 6.76. The maximum atomic E-state index is 12.2. The lowest BCUT2D eigenvalue weighted by atomic mass is 10.1. The van der Waals surface area contributed by atoms with E-state index in [1.807, 2.05) is 18.2 Å². The average molecular weight is 450 g/mol. The molecule has 1 heterocycles. The minimum absolute atomic E-state index is 0.0275. The van der Waals surface area contributed by atoms with Gasteiger partial charge in [-0.3, -0.25) is 14.7 Å². The van der Waals surface area contributed by atoms with Crippen molar-refractivity contribution < 1.29 is 4.79 Å². The highest BCUT2D eigenvalue weighted by atomic mass is 16.2. The van der Waals surface area contributed by atoms with Crippen molar-refractivity contribution in [3.05, 3.63) is 70.8 Å². The molecule has 0 radical (unpaired) electrons. The Bertz CT molecular complexity index is 899. The van der Waals surface area contributed by atoms with E-state index in [9.17, 15) is 4.79 Å². The van der Waals surface area contributed by atoms with Crippen LogP contribution in [-0.4, -0.2) is 62.4 Å². The van der Waals surface area contributed by atoms with E-state index in [1.54, 1.807) is 26.0 Å². The highest BCUT2D eigenvalue weighted by Crippen LogP contribution is 2.14. The van der Waals surface area contributed by atoms with E-state index in [1.165, 1.54) is 49.9 Å². The summed E-state index contributed by atoms with van der Waals surface area (Å²) < 4.78 is 0. The van der Waals surface area contributed by atoms with Crippen molar-refractivity contribution in [2.24, 2.45) is 4.99 Å². The van der Waals surface area contributed by atoms with E-state index in [0.717, 1.165) is 43.1 Å². The van der Waals surface area contributed by atoms with Crippen LogP contribution in [0.2, 0.25) is 0 Å². The zero-order chi connectivity index (χ0) is 23.5. The highest BCUT2D eigenvalue weighted by Gasteiger charge is 2.10. The molecule has 6 heteroatoms. The molecule has 1 fully saturated rings. The topological polar surface area (TPSA) is 60.0 Å². The van der Waals surface area contributed by atoms with Gasteiger partial charge in [-0.25, -0.2) is 0 Å². The number of likely N-dealkylation sites (tertiary alicyclic amines) is 1. The number of rotatable bonds is 8. The normalized spacial score (nSPS) is 15.1. The van der Waals surface area contributed by atoms with Crippen LogP contribution in [0.15, 0.2) is 53.5 Å². The third-order valence-corrected chi connectivity index (χ3v) is 6.10. The van der Waals surface area contributed by atoms with Crippen LogP contribution in [0.1, 0.15) is 52.7 Å². The Hall–Kier alpha value is -2.86. The molecular formula is C27H39N5O. The van der Waals surface area contributed by atoms with Gasteiger partial charge < -0.3 is 15.5 Å². The molecule has 1 amide bonds. The van der Waals surface area contributed by atoms with Crippen molar-refractivity contribution in [2.75, 3.05) is 40.8 Å². The Morgan fingerprint density at radius 2 is 1.64 bits per heavy atom. The number of carbonyl (C=O) groups excluding carboxylic acids is 1. The molecule has 1 aliphatic heterocycles. The first-order valence-electron chi connectivity index (χ1n) is 12.1. The second kappa shape index (κ2) is 13.0. The molecule has 0 aliphatic carbocycles. The summed E-state index contributed by atoms with van der Waals surface area (Å²) in [6.07, 6.45) is 6.22. The number of guanidine groups is 1.